The van der Waals surface area contributed by atoms with Crippen LogP contribution < -0.4 is 10.5 Å². The van der Waals surface area contributed by atoms with Crippen LogP contribution in [0.3, 0.4) is 0 Å². The highest BCUT2D eigenvalue weighted by Gasteiger charge is 2.26. The number of thiocarbonyl (C=S) groups is 1. The molecule has 0 unspecified atom stereocenters. The average molecular weight is 250 g/mol. The van der Waals surface area contributed by atoms with Crippen molar-refractivity contribution in [3.8, 4) is 5.75 Å². The van der Waals surface area contributed by atoms with Crippen LogP contribution in [0.4, 0.5) is 13.2 Å². The molecule has 0 amide bonds. The smallest absolute Gasteiger partial charge is 0.392 e. The van der Waals surface area contributed by atoms with Crippen molar-refractivity contribution < 1.29 is 17.9 Å². The average Bonchev–Trinajstić information content (AvgIpc) is 2.16. The molecule has 16 heavy (non-hydrogen) atoms. The molecule has 7 heteroatoms. The second-order valence-corrected chi connectivity index (χ2v) is 3.40. The van der Waals surface area contributed by atoms with Crippen LogP contribution in [0.15, 0.2) is 18.3 Å². The van der Waals surface area contributed by atoms with Gasteiger partial charge >= 0.3 is 6.18 Å². The second kappa shape index (κ2) is 5.11. The van der Waals surface area contributed by atoms with E-state index >= 15 is 0 Å². The zero-order chi connectivity index (χ0) is 12.2. The third-order valence-corrected chi connectivity index (χ3v) is 1.85. The molecular formula is C9H9F3N2OS. The van der Waals surface area contributed by atoms with Crippen molar-refractivity contribution >= 4 is 17.2 Å². The standard InChI is InChI=1S/C9H9F3N2OS/c10-9(11,12)3-4-15-6-1-2-7(8(13)16)14-5-6/h1-2,5H,3-4H2,(H2,13,16). The van der Waals surface area contributed by atoms with Gasteiger partial charge in [0.05, 0.1) is 24.9 Å². The summed E-state index contributed by atoms with van der Waals surface area (Å²) in [7, 11) is 0. The molecule has 1 aromatic heterocycles. The number of hydrogen-bond acceptors (Lipinski definition) is 3. The molecule has 2 N–H and O–H groups in total. The van der Waals surface area contributed by atoms with E-state index in [0.717, 1.165) is 0 Å². The van der Waals surface area contributed by atoms with E-state index in [0.29, 0.717) is 5.69 Å². The molecular weight excluding hydrogens is 241 g/mol. The summed E-state index contributed by atoms with van der Waals surface area (Å²) in [5, 5.41) is 0. The van der Waals surface area contributed by atoms with E-state index in [9.17, 15) is 13.2 Å². The van der Waals surface area contributed by atoms with E-state index in [-0.39, 0.29) is 10.7 Å². The lowest BCUT2D eigenvalue weighted by Gasteiger charge is -2.08. The molecule has 0 atom stereocenters. The number of alkyl halides is 3. The fourth-order valence-electron chi connectivity index (χ4n) is 0.896. The lowest BCUT2D eigenvalue weighted by molar-refractivity contribution is -0.139. The predicted octanol–water partition coefficient (Wildman–Crippen LogP) is 2.05. The van der Waals surface area contributed by atoms with Crippen LogP contribution in [0.5, 0.6) is 5.75 Å². The molecule has 1 rings (SSSR count). The van der Waals surface area contributed by atoms with E-state index in [2.05, 4.69) is 17.2 Å². The molecule has 0 aromatic carbocycles. The van der Waals surface area contributed by atoms with Crippen LogP contribution in [0.25, 0.3) is 0 Å². The topological polar surface area (TPSA) is 48.1 Å². The van der Waals surface area contributed by atoms with Gasteiger partial charge in [-0.1, -0.05) is 12.2 Å². The molecule has 0 aliphatic heterocycles. The van der Waals surface area contributed by atoms with Crippen LogP contribution in [0.1, 0.15) is 12.1 Å². The first kappa shape index (κ1) is 12.7. The number of nitrogens with two attached hydrogens (primary N) is 1. The van der Waals surface area contributed by atoms with Crippen molar-refractivity contribution in [1.29, 1.82) is 0 Å². The van der Waals surface area contributed by atoms with Crippen LogP contribution >= 0.6 is 12.2 Å². The monoisotopic (exact) mass is 250 g/mol. The van der Waals surface area contributed by atoms with Gasteiger partial charge in [0.25, 0.3) is 0 Å². The Morgan fingerprint density at radius 1 is 1.44 bits per heavy atom. The lowest BCUT2D eigenvalue weighted by atomic mass is 10.3. The van der Waals surface area contributed by atoms with Crippen molar-refractivity contribution in [2.45, 2.75) is 12.6 Å². The highest BCUT2D eigenvalue weighted by Crippen LogP contribution is 2.20. The SMILES string of the molecule is NC(=S)c1ccc(OCCC(F)(F)F)cn1. The predicted molar refractivity (Wildman–Crippen MR) is 56.3 cm³/mol. The fraction of sp³-hybridized carbons (Fsp3) is 0.333. The minimum absolute atomic E-state index is 0.127. The largest absolute Gasteiger partial charge is 0.492 e. The third kappa shape index (κ3) is 4.43. The van der Waals surface area contributed by atoms with Crippen molar-refractivity contribution in [1.82, 2.24) is 4.98 Å². The van der Waals surface area contributed by atoms with Crippen molar-refractivity contribution in [2.24, 2.45) is 5.73 Å². The molecule has 1 aromatic rings. The zero-order valence-corrected chi connectivity index (χ0v) is 8.94. The molecule has 0 radical (unpaired) electrons. The van der Waals surface area contributed by atoms with E-state index in [1.807, 2.05) is 0 Å². The third-order valence-electron chi connectivity index (χ3n) is 1.64. The number of aromatic nitrogens is 1. The Hall–Kier alpha value is -1.37. The van der Waals surface area contributed by atoms with Gasteiger partial charge in [0.1, 0.15) is 10.7 Å². The molecule has 3 nitrogen and oxygen atoms in total. The maximum atomic E-state index is 11.8. The Balaban J connectivity index is 2.47. The number of ether oxygens (including phenoxy) is 1. The van der Waals surface area contributed by atoms with Crippen molar-refractivity contribution in [2.75, 3.05) is 6.61 Å². The lowest BCUT2D eigenvalue weighted by Crippen LogP contribution is -2.14. The molecule has 0 fully saturated rings. The number of rotatable bonds is 4. The second-order valence-electron chi connectivity index (χ2n) is 2.96. The van der Waals surface area contributed by atoms with Crippen LogP contribution in [0.2, 0.25) is 0 Å². The summed E-state index contributed by atoms with van der Waals surface area (Å²) in [6.45, 7) is -0.433. The summed E-state index contributed by atoms with van der Waals surface area (Å²) < 4.78 is 40.2. The van der Waals surface area contributed by atoms with Gasteiger partial charge < -0.3 is 10.5 Å². The first-order chi connectivity index (χ1) is 7.38. The van der Waals surface area contributed by atoms with Crippen molar-refractivity contribution in [3.05, 3.63) is 24.0 Å². The Labute approximate surface area is 95.4 Å². The zero-order valence-electron chi connectivity index (χ0n) is 8.12. The van der Waals surface area contributed by atoms with Crippen molar-refractivity contribution in [3.63, 3.8) is 0 Å². The minimum Gasteiger partial charge on any atom is -0.492 e. The van der Waals surface area contributed by atoms with Gasteiger partial charge in [-0.25, -0.2) is 4.98 Å². The van der Waals surface area contributed by atoms with E-state index in [1.54, 1.807) is 0 Å². The number of nitrogens with zero attached hydrogens (tertiary/aromatic N) is 1. The highest BCUT2D eigenvalue weighted by atomic mass is 32.1. The summed E-state index contributed by atoms with van der Waals surface area (Å²) in [4.78, 5) is 3.95. The fourth-order valence-corrected chi connectivity index (χ4v) is 1.02. The Morgan fingerprint density at radius 3 is 2.56 bits per heavy atom. The molecule has 0 aliphatic carbocycles. The normalized spacial score (nSPS) is 11.2. The van der Waals surface area contributed by atoms with Gasteiger partial charge in [0.15, 0.2) is 0 Å². The van der Waals surface area contributed by atoms with E-state index in [4.69, 9.17) is 10.5 Å². The number of halogens is 3. The maximum absolute atomic E-state index is 11.8. The van der Waals surface area contributed by atoms with Gasteiger partial charge in [0.2, 0.25) is 0 Å². The number of hydrogen-bond donors (Lipinski definition) is 1. The van der Waals surface area contributed by atoms with E-state index in [1.165, 1.54) is 18.3 Å². The minimum atomic E-state index is -4.22. The summed E-state index contributed by atoms with van der Waals surface area (Å²) in [6, 6.07) is 2.96. The first-order valence-corrected chi connectivity index (χ1v) is 4.75. The van der Waals surface area contributed by atoms with Gasteiger partial charge in [0, 0.05) is 0 Å². The number of pyridine rings is 1. The van der Waals surface area contributed by atoms with Crippen LogP contribution in [-0.2, 0) is 0 Å². The molecule has 1 heterocycles. The molecule has 0 aliphatic rings. The van der Waals surface area contributed by atoms with Crippen LogP contribution in [-0.4, -0.2) is 22.8 Å². The Bertz CT molecular complexity index is 364. The van der Waals surface area contributed by atoms with Crippen LogP contribution in [0, 0.1) is 0 Å². The van der Waals surface area contributed by atoms with E-state index < -0.39 is 19.2 Å². The summed E-state index contributed by atoms with van der Waals surface area (Å²) >= 11 is 4.67. The first-order valence-electron chi connectivity index (χ1n) is 4.34. The Morgan fingerprint density at radius 2 is 2.12 bits per heavy atom. The summed E-state index contributed by atoms with van der Waals surface area (Å²) in [5.41, 5.74) is 5.70. The summed E-state index contributed by atoms with van der Waals surface area (Å²) in [5.74, 6) is 0.254. The van der Waals surface area contributed by atoms with Gasteiger partial charge in [-0.05, 0) is 12.1 Å². The summed E-state index contributed by atoms with van der Waals surface area (Å²) in [6.07, 6.45) is -3.93. The van der Waals surface area contributed by atoms with Gasteiger partial charge in [-0.3, -0.25) is 0 Å². The Kier molecular flexibility index (Phi) is 4.05. The molecule has 0 saturated carbocycles. The molecule has 88 valence electrons. The van der Waals surface area contributed by atoms with Gasteiger partial charge in [-0.15, -0.1) is 0 Å². The molecule has 0 bridgehead atoms. The van der Waals surface area contributed by atoms with Gasteiger partial charge in [-0.2, -0.15) is 13.2 Å². The quantitative estimate of drug-likeness (QED) is 0.831. The maximum Gasteiger partial charge on any atom is 0.392 e. The molecule has 0 saturated heterocycles. The molecule has 0 spiro atoms. The highest BCUT2D eigenvalue weighted by molar-refractivity contribution is 7.80.